The molecule has 1 amide bonds. The number of nitrogens with zero attached hydrogens (tertiary/aromatic N) is 3. The smallest absolute Gasteiger partial charge is 0.266 e. The van der Waals surface area contributed by atoms with Gasteiger partial charge in [-0.25, -0.2) is 4.98 Å². The molecule has 5 nitrogen and oxygen atoms in total. The minimum absolute atomic E-state index is 0.00509. The fourth-order valence-corrected chi connectivity index (χ4v) is 5.27. The first-order valence-electron chi connectivity index (χ1n) is 10.5. The Balaban J connectivity index is 1.71. The second-order valence-electron chi connectivity index (χ2n) is 7.88. The van der Waals surface area contributed by atoms with Crippen LogP contribution in [0.4, 0.5) is 0 Å². The van der Waals surface area contributed by atoms with E-state index < -0.39 is 0 Å². The molecule has 0 aliphatic carbocycles. The first kappa shape index (κ1) is 22.3. The highest BCUT2D eigenvalue weighted by Gasteiger charge is 2.19. The lowest BCUT2D eigenvalue weighted by molar-refractivity contribution is -0.127. The molecule has 0 saturated heterocycles. The Morgan fingerprint density at radius 2 is 1.84 bits per heavy atom. The highest BCUT2D eigenvalue weighted by Crippen LogP contribution is 2.27. The Bertz CT molecular complexity index is 1300. The van der Waals surface area contributed by atoms with Crippen molar-refractivity contribution in [3.05, 3.63) is 86.8 Å². The van der Waals surface area contributed by atoms with E-state index in [-0.39, 0.29) is 23.1 Å². The van der Waals surface area contributed by atoms with Crippen LogP contribution >= 0.6 is 23.1 Å². The van der Waals surface area contributed by atoms with Crippen LogP contribution in [0, 0.1) is 0 Å². The lowest BCUT2D eigenvalue weighted by atomic mass is 10.0. The van der Waals surface area contributed by atoms with Crippen molar-refractivity contribution >= 4 is 39.9 Å². The van der Waals surface area contributed by atoms with E-state index in [1.54, 1.807) is 33.9 Å². The average Bonchev–Trinajstić information content (AvgIpc) is 3.30. The molecule has 4 rings (SSSR count). The van der Waals surface area contributed by atoms with Crippen molar-refractivity contribution < 1.29 is 4.79 Å². The number of thioether (sulfide) groups is 1. The molecule has 0 unspecified atom stereocenters. The molecule has 0 atom stereocenters. The van der Waals surface area contributed by atoms with Crippen LogP contribution < -0.4 is 5.56 Å². The number of carbonyl (C=O) groups excluding carboxylic acids is 1. The summed E-state index contributed by atoms with van der Waals surface area (Å²) < 4.78 is 1.66. The van der Waals surface area contributed by atoms with E-state index in [9.17, 15) is 9.59 Å². The highest BCUT2D eigenvalue weighted by atomic mass is 32.2. The SMILES string of the molecule is CC(C)c1ccccc1-n1c(SCC(=O)N(C)Cc2cccs2)nc2ccccc2c1=O. The van der Waals surface area contributed by atoms with Gasteiger partial charge in [-0.2, -0.15) is 0 Å². The molecule has 0 aliphatic rings. The molecule has 4 aromatic rings. The molecule has 0 fully saturated rings. The number of carbonyl (C=O) groups is 1. The third-order valence-corrected chi connectivity index (χ3v) is 7.05. The summed E-state index contributed by atoms with van der Waals surface area (Å²) in [5, 5.41) is 3.10. The fourth-order valence-electron chi connectivity index (χ4n) is 3.56. The summed E-state index contributed by atoms with van der Waals surface area (Å²) in [7, 11) is 1.80. The molecule has 0 N–H and O–H groups in total. The Hall–Kier alpha value is -2.90. The van der Waals surface area contributed by atoms with E-state index in [2.05, 4.69) is 13.8 Å². The van der Waals surface area contributed by atoms with E-state index in [0.717, 1.165) is 16.1 Å². The van der Waals surface area contributed by atoms with Gasteiger partial charge in [-0.05, 0) is 41.1 Å². The topological polar surface area (TPSA) is 55.2 Å². The third-order valence-electron chi connectivity index (χ3n) is 5.27. The molecule has 0 radical (unpaired) electrons. The van der Waals surface area contributed by atoms with Gasteiger partial charge in [0.25, 0.3) is 5.56 Å². The van der Waals surface area contributed by atoms with E-state index in [1.165, 1.54) is 11.8 Å². The minimum atomic E-state index is -0.120. The summed E-state index contributed by atoms with van der Waals surface area (Å²) >= 11 is 2.94. The molecular formula is C25H25N3O2S2. The summed E-state index contributed by atoms with van der Waals surface area (Å²) in [4.78, 5) is 34.0. The molecule has 164 valence electrons. The zero-order chi connectivity index (χ0) is 22.7. The van der Waals surface area contributed by atoms with Crippen LogP contribution in [0.15, 0.2) is 76.0 Å². The number of aromatic nitrogens is 2. The third kappa shape index (κ3) is 4.64. The number of hydrogen-bond donors (Lipinski definition) is 0. The Morgan fingerprint density at radius 1 is 1.09 bits per heavy atom. The molecule has 2 heterocycles. The van der Waals surface area contributed by atoms with Gasteiger partial charge in [0.05, 0.1) is 28.9 Å². The van der Waals surface area contributed by atoms with Gasteiger partial charge in [-0.15, -0.1) is 11.3 Å². The van der Waals surface area contributed by atoms with Crippen LogP contribution in [-0.4, -0.2) is 33.2 Å². The molecule has 32 heavy (non-hydrogen) atoms. The Kier molecular flexibility index (Phi) is 6.77. The number of thiophene rings is 1. The molecule has 2 aromatic carbocycles. The van der Waals surface area contributed by atoms with Crippen LogP contribution in [0.3, 0.4) is 0 Å². The summed E-state index contributed by atoms with van der Waals surface area (Å²) in [6.45, 7) is 4.79. The zero-order valence-corrected chi connectivity index (χ0v) is 20.0. The number of para-hydroxylation sites is 2. The lowest BCUT2D eigenvalue weighted by Gasteiger charge is -2.19. The number of hydrogen-bond acceptors (Lipinski definition) is 5. The standard InChI is InChI=1S/C25H25N3O2S2/c1-17(2)19-10-5-7-13-22(19)28-24(30)20-11-4-6-12-21(20)26-25(28)32-16-23(29)27(3)15-18-9-8-14-31-18/h4-14,17H,15-16H2,1-3H3. The van der Waals surface area contributed by atoms with Gasteiger partial charge >= 0.3 is 0 Å². The van der Waals surface area contributed by atoms with Gasteiger partial charge in [-0.3, -0.25) is 14.2 Å². The molecule has 2 aromatic heterocycles. The molecule has 0 saturated carbocycles. The van der Waals surface area contributed by atoms with Crippen LogP contribution in [0.5, 0.6) is 0 Å². The predicted octanol–water partition coefficient (Wildman–Crippen LogP) is 5.32. The largest absolute Gasteiger partial charge is 0.340 e. The number of fused-ring (bicyclic) bond motifs is 1. The van der Waals surface area contributed by atoms with Crippen molar-refractivity contribution in [2.75, 3.05) is 12.8 Å². The van der Waals surface area contributed by atoms with Crippen LogP contribution in [0.25, 0.3) is 16.6 Å². The van der Waals surface area contributed by atoms with Gasteiger partial charge in [-0.1, -0.05) is 62.0 Å². The molecule has 0 spiro atoms. The Morgan fingerprint density at radius 3 is 2.59 bits per heavy atom. The molecule has 0 aliphatic heterocycles. The molecule has 0 bridgehead atoms. The molecule has 7 heteroatoms. The van der Waals surface area contributed by atoms with Gasteiger partial charge in [0, 0.05) is 11.9 Å². The maximum Gasteiger partial charge on any atom is 0.266 e. The van der Waals surface area contributed by atoms with Gasteiger partial charge < -0.3 is 4.90 Å². The van der Waals surface area contributed by atoms with E-state index in [0.29, 0.717) is 22.6 Å². The van der Waals surface area contributed by atoms with Gasteiger partial charge in [0.1, 0.15) is 0 Å². The number of benzene rings is 2. The number of amides is 1. The maximum atomic E-state index is 13.5. The minimum Gasteiger partial charge on any atom is -0.340 e. The number of rotatable bonds is 7. The van der Waals surface area contributed by atoms with E-state index in [1.807, 2.05) is 60.0 Å². The highest BCUT2D eigenvalue weighted by molar-refractivity contribution is 7.99. The average molecular weight is 464 g/mol. The van der Waals surface area contributed by atoms with Crippen molar-refractivity contribution in [1.82, 2.24) is 14.5 Å². The van der Waals surface area contributed by atoms with Crippen molar-refractivity contribution in [2.24, 2.45) is 0 Å². The predicted molar refractivity (Wildman–Crippen MR) is 133 cm³/mol. The Labute approximate surface area is 195 Å². The second kappa shape index (κ2) is 9.71. The summed E-state index contributed by atoms with van der Waals surface area (Å²) in [6, 6.07) is 19.3. The summed E-state index contributed by atoms with van der Waals surface area (Å²) in [5.74, 6) is 0.437. The molecular weight excluding hydrogens is 438 g/mol. The van der Waals surface area contributed by atoms with Crippen LogP contribution in [-0.2, 0) is 11.3 Å². The summed E-state index contributed by atoms with van der Waals surface area (Å²) in [5.41, 5.74) is 2.39. The van der Waals surface area contributed by atoms with E-state index in [4.69, 9.17) is 4.98 Å². The van der Waals surface area contributed by atoms with Crippen molar-refractivity contribution in [3.63, 3.8) is 0 Å². The van der Waals surface area contributed by atoms with Crippen LogP contribution in [0.1, 0.15) is 30.2 Å². The van der Waals surface area contributed by atoms with Crippen molar-refractivity contribution in [2.45, 2.75) is 31.5 Å². The van der Waals surface area contributed by atoms with Gasteiger partial charge in [0.15, 0.2) is 5.16 Å². The lowest BCUT2D eigenvalue weighted by Crippen LogP contribution is -2.28. The zero-order valence-electron chi connectivity index (χ0n) is 18.3. The van der Waals surface area contributed by atoms with Crippen molar-refractivity contribution in [1.29, 1.82) is 0 Å². The normalized spacial score (nSPS) is 11.2. The maximum absolute atomic E-state index is 13.5. The quantitative estimate of drug-likeness (QED) is 0.275. The second-order valence-corrected chi connectivity index (χ2v) is 9.86. The van der Waals surface area contributed by atoms with Crippen molar-refractivity contribution in [3.8, 4) is 5.69 Å². The van der Waals surface area contributed by atoms with Crippen LogP contribution in [0.2, 0.25) is 0 Å². The van der Waals surface area contributed by atoms with E-state index >= 15 is 0 Å². The first-order valence-corrected chi connectivity index (χ1v) is 12.3. The van der Waals surface area contributed by atoms with Gasteiger partial charge in [0.2, 0.25) is 5.91 Å². The first-order chi connectivity index (χ1) is 15.5. The monoisotopic (exact) mass is 463 g/mol. The fraction of sp³-hybridized carbons (Fsp3) is 0.240. The summed E-state index contributed by atoms with van der Waals surface area (Å²) in [6.07, 6.45) is 0.